The van der Waals surface area contributed by atoms with Crippen molar-refractivity contribution < 1.29 is 27.8 Å². The summed E-state index contributed by atoms with van der Waals surface area (Å²) in [5, 5.41) is 9.05. The van der Waals surface area contributed by atoms with E-state index < -0.39 is 16.0 Å². The Labute approximate surface area is 148 Å². The van der Waals surface area contributed by atoms with Crippen molar-refractivity contribution in [3.8, 4) is 11.5 Å². The van der Waals surface area contributed by atoms with Crippen molar-refractivity contribution in [2.24, 2.45) is 0 Å². The maximum Gasteiger partial charge on any atom is 0.506 e. The standard InChI is InChI=1S/C15H12Cl2O6S/c1-24(20,21)11-4-5-13(12(17)7-11)23-14-6-10(16)3-2-9(14)8-22-15(18)19/h2-7H,8H2,1H3,(H,18,19). The highest BCUT2D eigenvalue weighted by molar-refractivity contribution is 7.90. The van der Waals surface area contributed by atoms with E-state index in [0.29, 0.717) is 10.6 Å². The summed E-state index contributed by atoms with van der Waals surface area (Å²) in [6, 6.07) is 8.62. The van der Waals surface area contributed by atoms with Crippen LogP contribution in [0.5, 0.6) is 11.5 Å². The maximum absolute atomic E-state index is 11.5. The fourth-order valence-electron chi connectivity index (χ4n) is 1.80. The van der Waals surface area contributed by atoms with E-state index in [9.17, 15) is 13.2 Å². The third kappa shape index (κ3) is 4.77. The summed E-state index contributed by atoms with van der Waals surface area (Å²) in [5.74, 6) is 0.445. The molecule has 24 heavy (non-hydrogen) atoms. The zero-order chi connectivity index (χ0) is 17.9. The van der Waals surface area contributed by atoms with Crippen molar-refractivity contribution in [1.29, 1.82) is 0 Å². The Bertz CT molecular complexity index is 880. The van der Waals surface area contributed by atoms with Crippen LogP contribution in [0.4, 0.5) is 4.79 Å². The fourth-order valence-corrected chi connectivity index (χ4v) is 2.89. The summed E-state index contributed by atoms with van der Waals surface area (Å²) in [5.41, 5.74) is 0.435. The van der Waals surface area contributed by atoms with Gasteiger partial charge in [0, 0.05) is 16.8 Å². The summed E-state index contributed by atoms with van der Waals surface area (Å²) in [4.78, 5) is 10.6. The van der Waals surface area contributed by atoms with Gasteiger partial charge in [0.2, 0.25) is 0 Å². The summed E-state index contributed by atoms with van der Waals surface area (Å²) in [6.45, 7) is -0.235. The number of ether oxygens (including phenoxy) is 2. The van der Waals surface area contributed by atoms with Crippen LogP contribution in [-0.4, -0.2) is 25.9 Å². The SMILES string of the molecule is CS(=O)(=O)c1ccc(Oc2cc(Cl)ccc2COC(=O)O)c(Cl)c1. The molecule has 0 amide bonds. The molecule has 0 aromatic heterocycles. The van der Waals surface area contributed by atoms with E-state index in [1.807, 2.05) is 0 Å². The first-order valence-corrected chi connectivity index (χ1v) is 9.13. The molecule has 0 aliphatic rings. The molecule has 128 valence electrons. The third-order valence-corrected chi connectivity index (χ3v) is 4.57. The Kier molecular flexibility index (Phi) is 5.58. The fraction of sp³-hybridized carbons (Fsp3) is 0.133. The number of sulfone groups is 1. The minimum Gasteiger partial charge on any atom is -0.455 e. The lowest BCUT2D eigenvalue weighted by atomic mass is 10.2. The Balaban J connectivity index is 2.33. The van der Waals surface area contributed by atoms with Crippen LogP contribution in [0.15, 0.2) is 41.3 Å². The molecule has 2 aromatic carbocycles. The van der Waals surface area contributed by atoms with Gasteiger partial charge in [-0.3, -0.25) is 0 Å². The van der Waals surface area contributed by atoms with Crippen LogP contribution in [0.1, 0.15) is 5.56 Å². The molecule has 6 nitrogen and oxygen atoms in total. The lowest BCUT2D eigenvalue weighted by Gasteiger charge is -2.13. The van der Waals surface area contributed by atoms with Crippen molar-refractivity contribution in [1.82, 2.24) is 0 Å². The number of carboxylic acid groups (broad SMARTS) is 1. The van der Waals surface area contributed by atoms with Crippen LogP contribution in [0.25, 0.3) is 0 Å². The van der Waals surface area contributed by atoms with Gasteiger partial charge in [0.25, 0.3) is 0 Å². The first kappa shape index (κ1) is 18.4. The number of benzene rings is 2. The van der Waals surface area contributed by atoms with Crippen LogP contribution < -0.4 is 4.74 Å². The predicted octanol–water partition coefficient (Wildman–Crippen LogP) is 4.38. The second-order valence-corrected chi connectivity index (χ2v) is 7.63. The van der Waals surface area contributed by atoms with Crippen LogP contribution in [0.2, 0.25) is 10.0 Å². The highest BCUT2D eigenvalue weighted by Crippen LogP contribution is 2.34. The molecule has 9 heteroatoms. The first-order valence-electron chi connectivity index (χ1n) is 6.48. The Morgan fingerprint density at radius 1 is 1.12 bits per heavy atom. The minimum absolute atomic E-state index is 0.0559. The molecular weight excluding hydrogens is 379 g/mol. The van der Waals surface area contributed by atoms with Crippen molar-refractivity contribution in [3.05, 3.63) is 52.0 Å². The Morgan fingerprint density at radius 2 is 1.83 bits per heavy atom. The first-order chi connectivity index (χ1) is 11.2. The molecule has 0 aliphatic heterocycles. The Hall–Kier alpha value is -1.96. The molecule has 0 saturated heterocycles. The topological polar surface area (TPSA) is 89.9 Å². The summed E-state index contributed by atoms with van der Waals surface area (Å²) < 4.78 is 33.2. The van der Waals surface area contributed by atoms with Crippen molar-refractivity contribution in [3.63, 3.8) is 0 Å². The van der Waals surface area contributed by atoms with Crippen LogP contribution in [0, 0.1) is 0 Å². The largest absolute Gasteiger partial charge is 0.506 e. The third-order valence-electron chi connectivity index (χ3n) is 2.93. The van der Waals surface area contributed by atoms with Gasteiger partial charge in [-0.05, 0) is 30.3 Å². The van der Waals surface area contributed by atoms with Gasteiger partial charge in [0.05, 0.1) is 9.92 Å². The van der Waals surface area contributed by atoms with Gasteiger partial charge < -0.3 is 14.6 Å². The molecular formula is C15H12Cl2O6S. The van der Waals surface area contributed by atoms with Gasteiger partial charge in [-0.2, -0.15) is 0 Å². The van der Waals surface area contributed by atoms with E-state index >= 15 is 0 Å². The van der Waals surface area contributed by atoms with E-state index in [-0.39, 0.29) is 28.0 Å². The highest BCUT2D eigenvalue weighted by atomic mass is 35.5. The van der Waals surface area contributed by atoms with Gasteiger partial charge in [-0.25, -0.2) is 13.2 Å². The number of hydrogen-bond acceptors (Lipinski definition) is 5. The van der Waals surface area contributed by atoms with Crippen LogP contribution >= 0.6 is 23.2 Å². The predicted molar refractivity (Wildman–Crippen MR) is 88.9 cm³/mol. The maximum atomic E-state index is 11.5. The van der Waals surface area contributed by atoms with Gasteiger partial charge >= 0.3 is 6.16 Å². The van der Waals surface area contributed by atoms with Gasteiger partial charge in [-0.15, -0.1) is 0 Å². The summed E-state index contributed by atoms with van der Waals surface area (Å²) in [6.07, 6.45) is -0.358. The van der Waals surface area contributed by atoms with E-state index in [1.165, 1.54) is 24.3 Å². The Morgan fingerprint density at radius 3 is 2.42 bits per heavy atom. The van der Waals surface area contributed by atoms with E-state index in [1.54, 1.807) is 12.1 Å². The highest BCUT2D eigenvalue weighted by Gasteiger charge is 2.14. The molecule has 0 aliphatic carbocycles. The smallest absolute Gasteiger partial charge is 0.455 e. The molecule has 0 unspecified atom stereocenters. The van der Waals surface area contributed by atoms with Gasteiger partial charge in [-0.1, -0.05) is 29.3 Å². The normalized spacial score (nSPS) is 11.1. The summed E-state index contributed by atoms with van der Waals surface area (Å²) >= 11 is 12.0. The molecule has 0 bridgehead atoms. The molecule has 0 spiro atoms. The van der Waals surface area contributed by atoms with Gasteiger partial charge in [0.15, 0.2) is 9.84 Å². The lowest BCUT2D eigenvalue weighted by Crippen LogP contribution is -2.02. The number of rotatable bonds is 5. The second-order valence-electron chi connectivity index (χ2n) is 4.77. The van der Waals surface area contributed by atoms with Gasteiger partial charge in [0.1, 0.15) is 18.1 Å². The quantitative estimate of drug-likeness (QED) is 0.761. The average molecular weight is 391 g/mol. The molecule has 2 aromatic rings. The molecule has 0 heterocycles. The summed E-state index contributed by atoms with van der Waals surface area (Å²) in [7, 11) is -3.39. The number of halogens is 2. The van der Waals surface area contributed by atoms with E-state index in [4.69, 9.17) is 33.0 Å². The average Bonchev–Trinajstić information content (AvgIpc) is 2.47. The van der Waals surface area contributed by atoms with Crippen molar-refractivity contribution in [2.45, 2.75) is 11.5 Å². The number of carbonyl (C=O) groups is 1. The van der Waals surface area contributed by atoms with Crippen molar-refractivity contribution in [2.75, 3.05) is 6.26 Å². The van der Waals surface area contributed by atoms with Crippen molar-refractivity contribution >= 4 is 39.2 Å². The zero-order valence-corrected chi connectivity index (χ0v) is 14.7. The number of hydrogen-bond donors (Lipinski definition) is 1. The van der Waals surface area contributed by atoms with E-state index in [0.717, 1.165) is 6.26 Å². The molecule has 0 radical (unpaired) electrons. The zero-order valence-electron chi connectivity index (χ0n) is 12.3. The van der Waals surface area contributed by atoms with Crippen LogP contribution in [-0.2, 0) is 21.2 Å². The monoisotopic (exact) mass is 390 g/mol. The van der Waals surface area contributed by atoms with Crippen LogP contribution in [0.3, 0.4) is 0 Å². The van der Waals surface area contributed by atoms with E-state index in [2.05, 4.69) is 4.74 Å². The molecule has 1 N–H and O–H groups in total. The molecule has 2 rings (SSSR count). The molecule has 0 saturated carbocycles. The second kappa shape index (κ2) is 7.29. The molecule has 0 fully saturated rings. The minimum atomic E-state index is -3.39. The molecule has 0 atom stereocenters. The lowest BCUT2D eigenvalue weighted by molar-refractivity contribution is 0.0849.